The van der Waals surface area contributed by atoms with Crippen molar-refractivity contribution in [2.75, 3.05) is 11.9 Å². The molecular formula is C28H24Cl2N2O3. The van der Waals surface area contributed by atoms with Crippen LogP contribution in [0.25, 0.3) is 6.08 Å². The van der Waals surface area contributed by atoms with Gasteiger partial charge in [0.15, 0.2) is 11.5 Å². The topological polar surface area (TPSA) is 71.4 Å². The van der Waals surface area contributed by atoms with Crippen molar-refractivity contribution >= 4 is 40.9 Å². The summed E-state index contributed by atoms with van der Waals surface area (Å²) in [4.78, 5) is 12.7. The fraction of sp³-hybridized carbons (Fsp3) is 0.143. The van der Waals surface area contributed by atoms with Crippen molar-refractivity contribution in [3.63, 3.8) is 0 Å². The van der Waals surface area contributed by atoms with Gasteiger partial charge in [0, 0.05) is 21.3 Å². The molecule has 0 saturated heterocycles. The molecule has 0 fully saturated rings. The van der Waals surface area contributed by atoms with Crippen molar-refractivity contribution in [1.29, 1.82) is 5.26 Å². The fourth-order valence-corrected chi connectivity index (χ4v) is 3.67. The van der Waals surface area contributed by atoms with Crippen molar-refractivity contribution in [1.82, 2.24) is 0 Å². The van der Waals surface area contributed by atoms with Gasteiger partial charge >= 0.3 is 0 Å². The smallest absolute Gasteiger partial charge is 0.266 e. The van der Waals surface area contributed by atoms with Crippen LogP contribution in [0, 0.1) is 11.3 Å². The van der Waals surface area contributed by atoms with Crippen LogP contribution in [0.15, 0.2) is 78.9 Å². The molecule has 7 heteroatoms. The van der Waals surface area contributed by atoms with Gasteiger partial charge in [-0.25, -0.2) is 0 Å². The minimum atomic E-state index is -0.528. The van der Waals surface area contributed by atoms with Crippen molar-refractivity contribution in [3.8, 4) is 17.6 Å². The third kappa shape index (κ3) is 7.38. The van der Waals surface area contributed by atoms with E-state index in [-0.39, 0.29) is 5.57 Å². The summed E-state index contributed by atoms with van der Waals surface area (Å²) in [7, 11) is 0. The molecule has 1 amide bonds. The first-order valence-electron chi connectivity index (χ1n) is 10.9. The summed E-state index contributed by atoms with van der Waals surface area (Å²) in [5.74, 6) is 0.558. The van der Waals surface area contributed by atoms with E-state index in [1.807, 2.05) is 37.3 Å². The molecule has 5 nitrogen and oxygen atoms in total. The molecule has 3 aromatic rings. The Morgan fingerprint density at radius 1 is 1.09 bits per heavy atom. The Morgan fingerprint density at radius 2 is 1.86 bits per heavy atom. The van der Waals surface area contributed by atoms with E-state index < -0.39 is 5.91 Å². The molecule has 0 saturated carbocycles. The van der Waals surface area contributed by atoms with Gasteiger partial charge in [-0.3, -0.25) is 4.79 Å². The molecule has 0 aliphatic heterocycles. The molecule has 0 spiro atoms. The number of carbonyl (C=O) groups excluding carboxylic acids is 1. The van der Waals surface area contributed by atoms with Gasteiger partial charge < -0.3 is 14.8 Å². The predicted molar refractivity (Wildman–Crippen MR) is 141 cm³/mol. The third-order valence-corrected chi connectivity index (χ3v) is 5.36. The van der Waals surface area contributed by atoms with Gasteiger partial charge in [0.25, 0.3) is 5.91 Å². The molecule has 0 bridgehead atoms. The average molecular weight is 507 g/mol. The van der Waals surface area contributed by atoms with Gasteiger partial charge in [-0.15, -0.1) is 6.58 Å². The van der Waals surface area contributed by atoms with Crippen LogP contribution in [-0.2, 0) is 17.8 Å². The normalized spacial score (nSPS) is 10.9. The lowest BCUT2D eigenvalue weighted by molar-refractivity contribution is -0.112. The maximum Gasteiger partial charge on any atom is 0.266 e. The van der Waals surface area contributed by atoms with Crippen LogP contribution in [-0.4, -0.2) is 12.5 Å². The lowest BCUT2D eigenvalue weighted by Crippen LogP contribution is -2.13. The number of nitrogens with zero attached hydrogens (tertiary/aromatic N) is 1. The highest BCUT2D eigenvalue weighted by Crippen LogP contribution is 2.35. The van der Waals surface area contributed by atoms with Gasteiger partial charge in [-0.2, -0.15) is 5.26 Å². The Bertz CT molecular complexity index is 1280. The van der Waals surface area contributed by atoms with Crippen LogP contribution in [0.1, 0.15) is 23.6 Å². The number of hydrogen-bond donors (Lipinski definition) is 1. The number of nitriles is 1. The van der Waals surface area contributed by atoms with E-state index in [2.05, 4.69) is 11.9 Å². The zero-order valence-electron chi connectivity index (χ0n) is 19.2. The fourth-order valence-electron chi connectivity index (χ4n) is 3.33. The van der Waals surface area contributed by atoms with E-state index in [0.29, 0.717) is 52.4 Å². The number of hydrogen-bond acceptors (Lipinski definition) is 4. The van der Waals surface area contributed by atoms with Crippen molar-refractivity contribution in [3.05, 3.63) is 106 Å². The van der Waals surface area contributed by atoms with E-state index in [4.69, 9.17) is 32.7 Å². The van der Waals surface area contributed by atoms with E-state index in [1.165, 1.54) is 6.08 Å². The van der Waals surface area contributed by atoms with Crippen molar-refractivity contribution in [2.45, 2.75) is 20.0 Å². The molecule has 3 aromatic carbocycles. The molecule has 0 aromatic heterocycles. The summed E-state index contributed by atoms with van der Waals surface area (Å²) in [6.07, 6.45) is 3.77. The Kier molecular flexibility index (Phi) is 9.37. The van der Waals surface area contributed by atoms with Gasteiger partial charge in [0.1, 0.15) is 18.2 Å². The van der Waals surface area contributed by atoms with Crippen LogP contribution in [0.5, 0.6) is 11.5 Å². The second-order valence-corrected chi connectivity index (χ2v) is 8.36. The van der Waals surface area contributed by atoms with Gasteiger partial charge in [0.05, 0.1) is 6.61 Å². The monoisotopic (exact) mass is 506 g/mol. The zero-order chi connectivity index (χ0) is 25.2. The molecule has 178 valence electrons. The van der Waals surface area contributed by atoms with Gasteiger partial charge in [-0.05, 0) is 79.1 Å². The Hall–Kier alpha value is -3.72. The van der Waals surface area contributed by atoms with Gasteiger partial charge in [-0.1, -0.05) is 41.4 Å². The van der Waals surface area contributed by atoms with Crippen LogP contribution in [0.2, 0.25) is 10.0 Å². The largest absolute Gasteiger partial charge is 0.490 e. The number of rotatable bonds is 10. The molecule has 3 rings (SSSR count). The average Bonchev–Trinajstić information content (AvgIpc) is 2.84. The number of allylic oxidation sites excluding steroid dienone is 1. The Morgan fingerprint density at radius 3 is 2.51 bits per heavy atom. The van der Waals surface area contributed by atoms with E-state index in [1.54, 1.807) is 42.5 Å². The number of benzene rings is 3. The van der Waals surface area contributed by atoms with E-state index in [9.17, 15) is 10.1 Å². The first kappa shape index (κ1) is 25.9. The van der Waals surface area contributed by atoms with Crippen LogP contribution in [0.4, 0.5) is 5.69 Å². The summed E-state index contributed by atoms with van der Waals surface area (Å²) in [6.45, 7) is 6.42. The van der Waals surface area contributed by atoms with Crippen LogP contribution in [0.3, 0.4) is 0 Å². The van der Waals surface area contributed by atoms with E-state index in [0.717, 1.165) is 11.1 Å². The lowest BCUT2D eigenvalue weighted by atomic mass is 10.0. The summed E-state index contributed by atoms with van der Waals surface area (Å²) in [5, 5.41) is 13.5. The molecule has 35 heavy (non-hydrogen) atoms. The molecular weight excluding hydrogens is 483 g/mol. The summed E-state index contributed by atoms with van der Waals surface area (Å²) < 4.78 is 12.0. The molecule has 0 aliphatic rings. The first-order chi connectivity index (χ1) is 16.9. The number of ether oxygens (including phenoxy) is 2. The third-order valence-electron chi connectivity index (χ3n) is 4.87. The highest BCUT2D eigenvalue weighted by atomic mass is 35.5. The Balaban J connectivity index is 1.92. The number of nitrogens with one attached hydrogen (secondary N) is 1. The Labute approximate surface area is 215 Å². The minimum Gasteiger partial charge on any atom is -0.490 e. The highest BCUT2D eigenvalue weighted by Gasteiger charge is 2.15. The molecule has 0 radical (unpaired) electrons. The zero-order valence-corrected chi connectivity index (χ0v) is 20.7. The molecule has 0 unspecified atom stereocenters. The second-order valence-electron chi connectivity index (χ2n) is 7.48. The lowest BCUT2D eigenvalue weighted by Gasteiger charge is -2.17. The molecule has 1 N–H and O–H groups in total. The quantitative estimate of drug-likeness (QED) is 0.178. The van der Waals surface area contributed by atoms with E-state index >= 15 is 0 Å². The summed E-state index contributed by atoms with van der Waals surface area (Å²) >= 11 is 12.0. The minimum absolute atomic E-state index is 0.0560. The maximum absolute atomic E-state index is 12.7. The summed E-state index contributed by atoms with van der Waals surface area (Å²) in [5.41, 5.74) is 2.84. The predicted octanol–water partition coefficient (Wildman–Crippen LogP) is 7.25. The number of amides is 1. The number of anilines is 1. The van der Waals surface area contributed by atoms with Crippen LogP contribution < -0.4 is 14.8 Å². The molecule has 0 atom stereocenters. The second kappa shape index (κ2) is 12.7. The highest BCUT2D eigenvalue weighted by molar-refractivity contribution is 6.31. The van der Waals surface area contributed by atoms with Crippen LogP contribution >= 0.6 is 23.2 Å². The van der Waals surface area contributed by atoms with Crippen molar-refractivity contribution < 1.29 is 14.3 Å². The number of carbonyl (C=O) groups is 1. The maximum atomic E-state index is 12.7. The summed E-state index contributed by atoms with van der Waals surface area (Å²) in [6, 6.07) is 19.6. The first-order valence-corrected chi connectivity index (χ1v) is 11.7. The SMILES string of the molecule is C=CCc1cc(/C=C(\C#N)C(=O)Nc2ccc(Cl)cc2)cc(OCC)c1OCc1cccc(Cl)c1. The van der Waals surface area contributed by atoms with Crippen molar-refractivity contribution in [2.24, 2.45) is 0 Å². The standard InChI is InChI=1S/C28H24Cl2N2O3/c1-3-6-21-13-20(14-22(17-31)28(33)32-25-11-9-23(29)10-12-25)16-26(34-4-2)27(21)35-18-19-7-5-8-24(30)15-19/h3,5,7-16H,1,4,6,18H2,2H3,(H,32,33)/b22-14+. The molecule has 0 aliphatic carbocycles. The number of halogens is 2. The molecule has 0 heterocycles. The van der Waals surface area contributed by atoms with Gasteiger partial charge in [0.2, 0.25) is 0 Å².